The number of nitrogens with one attached hydrogen (secondary N) is 1. The molecule has 6 nitrogen and oxygen atoms in total. The Morgan fingerprint density at radius 2 is 1.86 bits per heavy atom. The number of anilines is 1. The maximum Gasteiger partial charge on any atom is 0.412 e. The molecule has 1 aromatic carbocycles. The number of carbonyl (C=O) groups excluding carboxylic acids is 2. The van der Waals surface area contributed by atoms with Gasteiger partial charge in [-0.1, -0.05) is 0 Å². The highest BCUT2D eigenvalue weighted by Crippen LogP contribution is 2.36. The number of aromatic hydroxyl groups is 1. The van der Waals surface area contributed by atoms with Crippen LogP contribution in [0.1, 0.15) is 31.1 Å². The summed E-state index contributed by atoms with van der Waals surface area (Å²) in [4.78, 5) is 23.0. The Bertz CT molecular complexity index is 581. The number of ketones is 1. The average Bonchev–Trinajstić information content (AvgIpc) is 2.37. The highest BCUT2D eigenvalue weighted by molar-refractivity contribution is 6.01. The van der Waals surface area contributed by atoms with E-state index in [0.29, 0.717) is 0 Å². The molecule has 1 amide bonds. The molecule has 0 radical (unpaired) electrons. The third-order valence-corrected chi connectivity index (χ3v) is 2.41. The summed E-state index contributed by atoms with van der Waals surface area (Å²) in [6.07, 6.45) is -4.13. The molecule has 0 spiro atoms. The molecule has 0 aliphatic carbocycles. The van der Waals surface area contributed by atoms with Gasteiger partial charge in [0.25, 0.3) is 0 Å². The van der Waals surface area contributed by atoms with E-state index in [1.54, 1.807) is 20.8 Å². The van der Waals surface area contributed by atoms with Crippen molar-refractivity contribution in [2.45, 2.75) is 32.8 Å². The summed E-state index contributed by atoms with van der Waals surface area (Å²) in [6, 6.07) is 1.89. The number of halogens is 2. The number of ether oxygens (including phenoxy) is 2. The Balaban J connectivity index is 3.15. The first-order valence-electron chi connectivity index (χ1n) is 6.28. The maximum atomic E-state index is 12.5. The Morgan fingerprint density at radius 3 is 2.32 bits per heavy atom. The molecule has 0 aliphatic heterocycles. The van der Waals surface area contributed by atoms with Gasteiger partial charge in [-0.3, -0.25) is 10.1 Å². The number of alkyl halides is 2. The van der Waals surface area contributed by atoms with Crippen LogP contribution in [0, 0.1) is 0 Å². The quantitative estimate of drug-likeness (QED) is 0.658. The number of phenols is 1. The second-order valence-electron chi connectivity index (χ2n) is 5.37. The van der Waals surface area contributed by atoms with Gasteiger partial charge in [0.1, 0.15) is 5.60 Å². The van der Waals surface area contributed by atoms with Crippen LogP contribution in [-0.2, 0) is 4.74 Å². The van der Waals surface area contributed by atoms with E-state index < -0.39 is 35.2 Å². The van der Waals surface area contributed by atoms with Gasteiger partial charge in [-0.15, -0.1) is 0 Å². The molecule has 2 N–H and O–H groups in total. The minimum Gasteiger partial charge on any atom is -0.503 e. The number of methoxy groups -OCH3 is 1. The van der Waals surface area contributed by atoms with Gasteiger partial charge in [-0.2, -0.15) is 0 Å². The molecule has 0 aliphatic rings. The summed E-state index contributed by atoms with van der Waals surface area (Å²) >= 11 is 0. The van der Waals surface area contributed by atoms with Gasteiger partial charge in [0, 0.05) is 5.56 Å². The molecule has 8 heteroatoms. The largest absolute Gasteiger partial charge is 0.503 e. The van der Waals surface area contributed by atoms with Crippen LogP contribution in [-0.4, -0.2) is 36.1 Å². The average molecular weight is 317 g/mol. The highest BCUT2D eigenvalue weighted by Gasteiger charge is 2.23. The molecule has 0 saturated heterocycles. The van der Waals surface area contributed by atoms with Gasteiger partial charge >= 0.3 is 12.5 Å². The molecule has 0 saturated carbocycles. The van der Waals surface area contributed by atoms with Crippen molar-refractivity contribution in [3.63, 3.8) is 0 Å². The number of amides is 1. The Labute approximate surface area is 126 Å². The first kappa shape index (κ1) is 17.7. The second kappa shape index (κ2) is 6.59. The predicted octanol–water partition coefficient (Wildman–Crippen LogP) is 3.20. The third kappa shape index (κ3) is 4.57. The summed E-state index contributed by atoms with van der Waals surface area (Å²) < 4.78 is 34.8. The molecular weight excluding hydrogens is 300 g/mol. The summed E-state index contributed by atoms with van der Waals surface area (Å²) in [5.41, 5.74) is -1.46. The first-order valence-corrected chi connectivity index (χ1v) is 6.28. The van der Waals surface area contributed by atoms with Crippen LogP contribution in [0.25, 0.3) is 0 Å². The van der Waals surface area contributed by atoms with Crippen LogP contribution in [0.4, 0.5) is 19.3 Å². The molecule has 1 aromatic rings. The fourth-order valence-corrected chi connectivity index (χ4v) is 1.54. The van der Waals surface area contributed by atoms with Crippen LogP contribution in [0.15, 0.2) is 12.1 Å². The molecule has 0 aromatic heterocycles. The lowest BCUT2D eigenvalue weighted by Crippen LogP contribution is -2.27. The lowest BCUT2D eigenvalue weighted by atomic mass is 10.1. The number of hydrogen-bond donors (Lipinski definition) is 2. The smallest absolute Gasteiger partial charge is 0.412 e. The van der Waals surface area contributed by atoms with E-state index in [2.05, 4.69) is 5.32 Å². The molecule has 0 bridgehead atoms. The maximum absolute atomic E-state index is 12.5. The number of hydrogen-bond acceptors (Lipinski definition) is 5. The first-order chi connectivity index (χ1) is 10.0. The lowest BCUT2D eigenvalue weighted by molar-refractivity contribution is 0.0633. The van der Waals surface area contributed by atoms with Crippen molar-refractivity contribution >= 4 is 17.6 Å². The zero-order chi connectivity index (χ0) is 17.1. The van der Waals surface area contributed by atoms with E-state index in [9.17, 15) is 23.5 Å². The van der Waals surface area contributed by atoms with Gasteiger partial charge in [0.05, 0.1) is 12.8 Å². The summed E-state index contributed by atoms with van der Waals surface area (Å²) in [6.45, 7) is 4.89. The van der Waals surface area contributed by atoms with E-state index in [1.807, 2.05) is 0 Å². The fraction of sp³-hybridized carbons (Fsp3) is 0.429. The Kier molecular flexibility index (Phi) is 5.29. The van der Waals surface area contributed by atoms with Crippen molar-refractivity contribution in [3.05, 3.63) is 17.7 Å². The van der Waals surface area contributed by atoms with Gasteiger partial charge in [-0.05, 0) is 32.9 Å². The van der Waals surface area contributed by atoms with Crippen molar-refractivity contribution in [1.82, 2.24) is 0 Å². The molecule has 22 heavy (non-hydrogen) atoms. The number of Topliss-reactive ketones (excluding diaryl/α,β-unsaturated/α-hetero) is 1. The summed E-state index contributed by atoms with van der Waals surface area (Å²) in [5, 5.41) is 12.1. The van der Waals surface area contributed by atoms with Crippen LogP contribution in [0.5, 0.6) is 11.5 Å². The van der Waals surface area contributed by atoms with Crippen LogP contribution in [0.3, 0.4) is 0 Å². The van der Waals surface area contributed by atoms with Crippen LogP contribution in [0.2, 0.25) is 0 Å². The molecule has 0 fully saturated rings. The van der Waals surface area contributed by atoms with Gasteiger partial charge in [-0.25, -0.2) is 13.6 Å². The molecule has 0 unspecified atom stereocenters. The monoisotopic (exact) mass is 317 g/mol. The Morgan fingerprint density at radius 1 is 1.27 bits per heavy atom. The van der Waals surface area contributed by atoms with Crippen LogP contribution < -0.4 is 10.1 Å². The number of phenolic OH excluding ortho intramolecular Hbond substituents is 1. The minimum absolute atomic E-state index is 0.224. The zero-order valence-corrected chi connectivity index (χ0v) is 12.6. The van der Waals surface area contributed by atoms with Crippen molar-refractivity contribution in [3.8, 4) is 11.5 Å². The summed E-state index contributed by atoms with van der Waals surface area (Å²) in [7, 11) is 1.18. The second-order valence-corrected chi connectivity index (χ2v) is 5.37. The lowest BCUT2D eigenvalue weighted by Gasteiger charge is -2.20. The molecule has 122 valence electrons. The van der Waals surface area contributed by atoms with Crippen LogP contribution >= 0.6 is 0 Å². The van der Waals surface area contributed by atoms with E-state index in [-0.39, 0.29) is 11.4 Å². The van der Waals surface area contributed by atoms with E-state index in [1.165, 1.54) is 7.11 Å². The summed E-state index contributed by atoms with van der Waals surface area (Å²) in [5.74, 6) is -2.18. The topological polar surface area (TPSA) is 84.9 Å². The number of rotatable bonds is 4. The van der Waals surface area contributed by atoms with Crippen molar-refractivity contribution < 1.29 is 33.0 Å². The van der Waals surface area contributed by atoms with Gasteiger partial charge in [0.15, 0.2) is 11.5 Å². The zero-order valence-electron chi connectivity index (χ0n) is 12.6. The molecule has 0 atom stereocenters. The van der Waals surface area contributed by atoms with Crippen molar-refractivity contribution in [2.75, 3.05) is 12.4 Å². The van der Waals surface area contributed by atoms with Gasteiger partial charge in [0.2, 0.25) is 5.78 Å². The predicted molar refractivity (Wildman–Crippen MR) is 74.9 cm³/mol. The van der Waals surface area contributed by atoms with E-state index in [0.717, 1.165) is 12.1 Å². The van der Waals surface area contributed by atoms with E-state index in [4.69, 9.17) is 9.47 Å². The van der Waals surface area contributed by atoms with Crippen molar-refractivity contribution in [1.29, 1.82) is 0 Å². The molecule has 0 heterocycles. The number of benzene rings is 1. The normalized spacial score (nSPS) is 11.2. The standard InChI is InChI=1S/C14H17F2NO5/c1-14(2,3)22-13(20)17-8-5-7(10(18)12(15)16)6-9(21-4)11(8)19/h5-6,12,19H,1-4H3,(H,17,20). The Hall–Kier alpha value is -2.38. The number of carbonyl (C=O) groups is 2. The van der Waals surface area contributed by atoms with E-state index >= 15 is 0 Å². The minimum atomic E-state index is -3.22. The SMILES string of the molecule is COc1cc(C(=O)C(F)F)cc(NC(=O)OC(C)(C)C)c1O. The highest BCUT2D eigenvalue weighted by atomic mass is 19.3. The molecule has 1 rings (SSSR count). The fourth-order valence-electron chi connectivity index (χ4n) is 1.54. The van der Waals surface area contributed by atoms with Gasteiger partial charge < -0.3 is 14.6 Å². The third-order valence-electron chi connectivity index (χ3n) is 2.41. The molecular formula is C14H17F2NO5. The van der Waals surface area contributed by atoms with Crippen molar-refractivity contribution in [2.24, 2.45) is 0 Å².